The monoisotopic (exact) mass is 570 g/mol. The molecule has 5 rings (SSSR count). The van der Waals surface area contributed by atoms with E-state index < -0.39 is 17.7 Å². The molecule has 3 aromatic carbocycles. The van der Waals surface area contributed by atoms with Crippen molar-refractivity contribution in [3.05, 3.63) is 94.6 Å². The van der Waals surface area contributed by atoms with Gasteiger partial charge in [-0.3, -0.25) is 9.59 Å². The smallest absolute Gasteiger partial charge is 0.295 e. The predicted octanol–water partition coefficient (Wildman–Crippen LogP) is 5.36. The van der Waals surface area contributed by atoms with Crippen LogP contribution in [0.25, 0.3) is 5.76 Å². The summed E-state index contributed by atoms with van der Waals surface area (Å²) in [6.45, 7) is 5.75. The van der Waals surface area contributed by atoms with Crippen molar-refractivity contribution in [2.45, 2.75) is 45.4 Å². The minimum absolute atomic E-state index is 0.0410. The van der Waals surface area contributed by atoms with E-state index in [4.69, 9.17) is 14.2 Å². The van der Waals surface area contributed by atoms with E-state index in [2.05, 4.69) is 0 Å². The van der Waals surface area contributed by atoms with Gasteiger partial charge in [0.15, 0.2) is 11.5 Å². The Morgan fingerprint density at radius 3 is 2.55 bits per heavy atom. The molecule has 2 aliphatic heterocycles. The van der Waals surface area contributed by atoms with Crippen molar-refractivity contribution in [1.82, 2.24) is 9.80 Å². The molecule has 0 unspecified atom stereocenters. The number of hydrogen-bond donors (Lipinski definition) is 1. The van der Waals surface area contributed by atoms with E-state index in [1.54, 1.807) is 17.0 Å². The topological polar surface area (TPSA) is 88.5 Å². The van der Waals surface area contributed by atoms with Crippen LogP contribution in [0.2, 0.25) is 0 Å². The van der Waals surface area contributed by atoms with Crippen LogP contribution >= 0.6 is 0 Å². The number of ether oxygens (including phenoxy) is 3. The summed E-state index contributed by atoms with van der Waals surface area (Å²) in [6, 6.07) is 19.9. The van der Waals surface area contributed by atoms with E-state index in [1.807, 2.05) is 87.4 Å². The number of carbonyl (C=O) groups excluding carboxylic acids is 2. The molecule has 42 heavy (non-hydrogen) atoms. The molecule has 2 heterocycles. The van der Waals surface area contributed by atoms with Crippen molar-refractivity contribution >= 4 is 17.4 Å². The molecule has 8 heteroatoms. The molecule has 3 aromatic rings. The number of ketones is 1. The maximum Gasteiger partial charge on any atom is 0.295 e. The van der Waals surface area contributed by atoms with Crippen LogP contribution in [-0.2, 0) is 22.6 Å². The summed E-state index contributed by atoms with van der Waals surface area (Å²) in [5, 5.41) is 11.6. The number of carbonyl (C=O) groups is 2. The lowest BCUT2D eigenvalue weighted by atomic mass is 9.94. The van der Waals surface area contributed by atoms with Gasteiger partial charge in [-0.1, -0.05) is 36.4 Å². The number of Topliss-reactive ketones (excluding diaryl/α,β-unsaturated/α-hetero) is 1. The lowest BCUT2D eigenvalue weighted by Crippen LogP contribution is -2.32. The SMILES string of the molecule is CCOc1cc([C@H]2/C(=C(\O)c3ccc4c(c3)C[C@H](C)O4)C(=O)C(=O)N2CCCN(C)C)ccc1OCc1ccccc1. The molecule has 220 valence electrons. The van der Waals surface area contributed by atoms with Gasteiger partial charge < -0.3 is 29.1 Å². The van der Waals surface area contributed by atoms with Crippen molar-refractivity contribution in [3.8, 4) is 17.2 Å². The van der Waals surface area contributed by atoms with Crippen molar-refractivity contribution < 1.29 is 28.9 Å². The highest BCUT2D eigenvalue weighted by atomic mass is 16.5. The first-order valence-electron chi connectivity index (χ1n) is 14.4. The molecule has 0 radical (unpaired) electrons. The Bertz CT molecular complexity index is 1480. The Morgan fingerprint density at radius 2 is 1.81 bits per heavy atom. The summed E-state index contributed by atoms with van der Waals surface area (Å²) in [5.74, 6) is 0.316. The second-order valence-electron chi connectivity index (χ2n) is 11.0. The van der Waals surface area contributed by atoms with Crippen molar-refractivity contribution in [2.24, 2.45) is 0 Å². The van der Waals surface area contributed by atoms with E-state index >= 15 is 0 Å². The van der Waals surface area contributed by atoms with E-state index in [0.29, 0.717) is 55.2 Å². The average molecular weight is 571 g/mol. The van der Waals surface area contributed by atoms with Gasteiger partial charge in [0, 0.05) is 18.5 Å². The lowest BCUT2D eigenvalue weighted by Gasteiger charge is -2.26. The molecule has 2 atom stereocenters. The highest BCUT2D eigenvalue weighted by molar-refractivity contribution is 6.46. The van der Waals surface area contributed by atoms with Crippen LogP contribution in [0.1, 0.15) is 48.6 Å². The van der Waals surface area contributed by atoms with Gasteiger partial charge in [0.1, 0.15) is 24.2 Å². The molecule has 0 aromatic heterocycles. The Kier molecular flexibility index (Phi) is 8.83. The van der Waals surface area contributed by atoms with Crippen LogP contribution in [0.4, 0.5) is 0 Å². The summed E-state index contributed by atoms with van der Waals surface area (Å²) in [6.07, 6.45) is 1.42. The summed E-state index contributed by atoms with van der Waals surface area (Å²) in [5.41, 5.74) is 3.19. The number of amides is 1. The minimum Gasteiger partial charge on any atom is -0.507 e. The standard InChI is InChI=1S/C34H38N2O6/c1-5-40-29-20-24(12-15-28(29)41-21-23-10-7-6-8-11-23)31-30(33(38)34(39)36(31)17-9-16-35(3)4)32(37)25-13-14-27-26(19-25)18-22(2)42-27/h6-8,10-15,19-20,22,31,37H,5,9,16-18,21H2,1-4H3/b32-30+/t22-,31-/m0/s1. The Hall–Kier alpha value is -4.30. The Morgan fingerprint density at radius 1 is 1.02 bits per heavy atom. The largest absolute Gasteiger partial charge is 0.507 e. The third kappa shape index (κ3) is 6.14. The molecular formula is C34H38N2O6. The summed E-state index contributed by atoms with van der Waals surface area (Å²) >= 11 is 0. The van der Waals surface area contributed by atoms with Crippen LogP contribution in [-0.4, -0.2) is 66.5 Å². The fourth-order valence-corrected chi connectivity index (χ4v) is 5.56. The predicted molar refractivity (Wildman–Crippen MR) is 161 cm³/mol. The third-order valence-electron chi connectivity index (χ3n) is 7.53. The zero-order valence-electron chi connectivity index (χ0n) is 24.6. The molecule has 0 saturated carbocycles. The summed E-state index contributed by atoms with van der Waals surface area (Å²) in [4.78, 5) is 30.5. The van der Waals surface area contributed by atoms with Gasteiger partial charge in [-0.15, -0.1) is 0 Å². The summed E-state index contributed by atoms with van der Waals surface area (Å²) in [7, 11) is 3.93. The fourth-order valence-electron chi connectivity index (χ4n) is 5.56. The van der Waals surface area contributed by atoms with Crippen molar-refractivity contribution in [1.29, 1.82) is 0 Å². The maximum absolute atomic E-state index is 13.5. The van der Waals surface area contributed by atoms with Crippen LogP contribution in [0.5, 0.6) is 17.2 Å². The number of hydrogen-bond acceptors (Lipinski definition) is 7. The maximum atomic E-state index is 13.5. The van der Waals surface area contributed by atoms with Gasteiger partial charge >= 0.3 is 0 Å². The normalized spacial score (nSPS) is 19.2. The van der Waals surface area contributed by atoms with Gasteiger partial charge in [-0.05, 0) is 87.9 Å². The molecule has 0 spiro atoms. The number of aliphatic hydroxyl groups is 1. The first-order chi connectivity index (χ1) is 20.3. The van der Waals surface area contributed by atoms with Crippen molar-refractivity contribution in [2.75, 3.05) is 33.8 Å². The molecule has 0 bridgehead atoms. The Balaban J connectivity index is 1.54. The van der Waals surface area contributed by atoms with E-state index in [-0.39, 0.29) is 17.4 Å². The zero-order valence-corrected chi connectivity index (χ0v) is 24.6. The number of likely N-dealkylation sites (tertiary alicyclic amines) is 1. The van der Waals surface area contributed by atoms with Gasteiger partial charge in [-0.2, -0.15) is 0 Å². The van der Waals surface area contributed by atoms with Crippen LogP contribution in [0.15, 0.2) is 72.3 Å². The first-order valence-corrected chi connectivity index (χ1v) is 14.4. The van der Waals surface area contributed by atoms with Gasteiger partial charge in [0.05, 0.1) is 18.2 Å². The van der Waals surface area contributed by atoms with Crippen LogP contribution in [0.3, 0.4) is 0 Å². The zero-order chi connectivity index (χ0) is 29.8. The minimum atomic E-state index is -0.780. The van der Waals surface area contributed by atoms with E-state index in [1.165, 1.54) is 0 Å². The highest BCUT2D eigenvalue weighted by Gasteiger charge is 2.46. The van der Waals surface area contributed by atoms with Crippen LogP contribution < -0.4 is 14.2 Å². The first kappa shape index (κ1) is 29.2. The van der Waals surface area contributed by atoms with Gasteiger partial charge in [-0.25, -0.2) is 0 Å². The molecule has 8 nitrogen and oxygen atoms in total. The fraction of sp³-hybridized carbons (Fsp3) is 0.353. The van der Waals surface area contributed by atoms with E-state index in [9.17, 15) is 14.7 Å². The van der Waals surface area contributed by atoms with E-state index in [0.717, 1.165) is 23.4 Å². The second-order valence-corrected chi connectivity index (χ2v) is 11.0. The Labute approximate surface area is 247 Å². The molecule has 1 N–H and O–H groups in total. The molecule has 0 aliphatic carbocycles. The molecule has 2 aliphatic rings. The number of fused-ring (bicyclic) bond motifs is 1. The number of aliphatic hydroxyl groups excluding tert-OH is 1. The van der Waals surface area contributed by atoms with Crippen molar-refractivity contribution in [3.63, 3.8) is 0 Å². The summed E-state index contributed by atoms with van der Waals surface area (Å²) < 4.78 is 17.9. The second kappa shape index (κ2) is 12.7. The lowest BCUT2D eigenvalue weighted by molar-refractivity contribution is -0.139. The molecule has 1 amide bonds. The quantitative estimate of drug-likeness (QED) is 0.189. The average Bonchev–Trinajstić information content (AvgIpc) is 3.47. The van der Waals surface area contributed by atoms with Gasteiger partial charge in [0.25, 0.3) is 11.7 Å². The van der Waals surface area contributed by atoms with Gasteiger partial charge in [0.2, 0.25) is 0 Å². The molecular weight excluding hydrogens is 532 g/mol. The molecule has 1 saturated heterocycles. The molecule has 1 fully saturated rings. The van der Waals surface area contributed by atoms with Crippen LogP contribution in [0, 0.1) is 0 Å². The number of benzene rings is 3. The highest BCUT2D eigenvalue weighted by Crippen LogP contribution is 2.43. The number of rotatable bonds is 11. The number of nitrogens with zero attached hydrogens (tertiary/aromatic N) is 2. The third-order valence-corrected chi connectivity index (χ3v) is 7.53.